The van der Waals surface area contributed by atoms with E-state index in [4.69, 9.17) is 28.4 Å². The molecule has 8 nitrogen and oxygen atoms in total. The minimum absolute atomic E-state index is 0.631. The van der Waals surface area contributed by atoms with Crippen molar-refractivity contribution in [3.8, 4) is 34.5 Å². The van der Waals surface area contributed by atoms with Crippen molar-refractivity contribution < 1.29 is 28.4 Å². The van der Waals surface area contributed by atoms with Crippen LogP contribution in [0.2, 0.25) is 0 Å². The molecule has 0 bridgehead atoms. The number of nitrogens with zero attached hydrogens (tertiary/aromatic N) is 2. The van der Waals surface area contributed by atoms with E-state index in [-0.39, 0.29) is 0 Å². The van der Waals surface area contributed by atoms with Crippen LogP contribution in [0.15, 0.2) is 24.3 Å². The van der Waals surface area contributed by atoms with E-state index in [9.17, 15) is 0 Å². The van der Waals surface area contributed by atoms with Gasteiger partial charge in [0.25, 0.3) is 0 Å². The maximum absolute atomic E-state index is 5.64. The summed E-state index contributed by atoms with van der Waals surface area (Å²) in [6.07, 6.45) is 0. The van der Waals surface area contributed by atoms with E-state index >= 15 is 0 Å². The molecule has 0 aromatic heterocycles. The summed E-state index contributed by atoms with van der Waals surface area (Å²) in [5, 5.41) is 0. The zero-order chi connectivity index (χ0) is 23.1. The van der Waals surface area contributed by atoms with Gasteiger partial charge in [-0.25, -0.2) is 0 Å². The molecule has 8 heteroatoms. The van der Waals surface area contributed by atoms with Gasteiger partial charge in [0.2, 0.25) is 5.75 Å². The van der Waals surface area contributed by atoms with Crippen LogP contribution in [0.4, 0.5) is 0 Å². The van der Waals surface area contributed by atoms with Crippen molar-refractivity contribution >= 4 is 0 Å². The van der Waals surface area contributed by atoms with E-state index < -0.39 is 0 Å². The molecule has 1 heterocycles. The molecule has 1 saturated heterocycles. The molecule has 176 valence electrons. The Hall–Kier alpha value is -2.84. The highest BCUT2D eigenvalue weighted by Gasteiger charge is 2.22. The Morgan fingerprint density at radius 1 is 0.531 bits per heavy atom. The Labute approximate surface area is 190 Å². The summed E-state index contributed by atoms with van der Waals surface area (Å²) in [4.78, 5) is 4.85. The molecule has 3 rings (SSSR count). The van der Waals surface area contributed by atoms with Crippen LogP contribution in [0.25, 0.3) is 0 Å². The fraction of sp³-hybridized carbons (Fsp3) is 0.500. The monoisotopic (exact) mass is 446 g/mol. The smallest absolute Gasteiger partial charge is 0.203 e. The van der Waals surface area contributed by atoms with Crippen molar-refractivity contribution in [2.75, 3.05) is 68.8 Å². The van der Waals surface area contributed by atoms with Gasteiger partial charge >= 0.3 is 0 Å². The van der Waals surface area contributed by atoms with Gasteiger partial charge in [0.05, 0.1) is 42.7 Å². The van der Waals surface area contributed by atoms with Crippen LogP contribution < -0.4 is 28.4 Å². The fourth-order valence-corrected chi connectivity index (χ4v) is 4.09. The van der Waals surface area contributed by atoms with Crippen molar-refractivity contribution in [1.29, 1.82) is 0 Å². The Morgan fingerprint density at radius 2 is 1.03 bits per heavy atom. The third kappa shape index (κ3) is 5.14. The number of piperazine rings is 1. The summed E-state index contributed by atoms with van der Waals surface area (Å²) < 4.78 is 33.0. The first-order chi connectivity index (χ1) is 15.6. The first kappa shape index (κ1) is 23.8. The lowest BCUT2D eigenvalue weighted by Gasteiger charge is -2.35. The van der Waals surface area contributed by atoms with Crippen LogP contribution >= 0.6 is 0 Å². The van der Waals surface area contributed by atoms with Gasteiger partial charge in [-0.2, -0.15) is 0 Å². The molecular formula is C24H34N2O6. The highest BCUT2D eigenvalue weighted by molar-refractivity contribution is 5.55. The summed E-state index contributed by atoms with van der Waals surface area (Å²) in [6.45, 7) is 5.38. The number of rotatable bonds is 10. The lowest BCUT2D eigenvalue weighted by Crippen LogP contribution is -2.45. The molecule has 0 aliphatic carbocycles. The van der Waals surface area contributed by atoms with E-state index in [0.29, 0.717) is 23.0 Å². The fourth-order valence-electron chi connectivity index (χ4n) is 4.09. The molecule has 0 spiro atoms. The largest absolute Gasteiger partial charge is 0.496 e. The average Bonchev–Trinajstić information content (AvgIpc) is 2.84. The van der Waals surface area contributed by atoms with Gasteiger partial charge < -0.3 is 28.4 Å². The lowest BCUT2D eigenvalue weighted by molar-refractivity contribution is 0.120. The van der Waals surface area contributed by atoms with Crippen molar-refractivity contribution in [3.63, 3.8) is 0 Å². The standard InChI is InChI=1S/C24H34N2O6/c1-27-19-8-7-17(23(31-5)24(19)32-6)15-25-9-11-26(12-10-25)16-18-13-21(29-3)22(30-4)14-20(18)28-2/h7-8,13-14H,9-12,15-16H2,1-6H3. The van der Waals surface area contributed by atoms with Crippen molar-refractivity contribution in [1.82, 2.24) is 9.80 Å². The van der Waals surface area contributed by atoms with Crippen LogP contribution in [-0.2, 0) is 13.1 Å². The Morgan fingerprint density at radius 3 is 1.53 bits per heavy atom. The molecule has 1 aliphatic heterocycles. The molecule has 1 fully saturated rings. The second-order valence-electron chi connectivity index (χ2n) is 7.56. The molecule has 0 atom stereocenters. The Balaban J connectivity index is 1.65. The normalized spacial score (nSPS) is 14.7. The van der Waals surface area contributed by atoms with Crippen molar-refractivity contribution in [2.45, 2.75) is 13.1 Å². The van der Waals surface area contributed by atoms with Crippen LogP contribution in [0.1, 0.15) is 11.1 Å². The van der Waals surface area contributed by atoms with E-state index in [2.05, 4.69) is 9.80 Å². The quantitative estimate of drug-likeness (QED) is 0.552. The maximum Gasteiger partial charge on any atom is 0.203 e. The molecule has 0 saturated carbocycles. The SMILES string of the molecule is COc1cc(OC)c(OC)cc1CN1CCN(Cc2ccc(OC)c(OC)c2OC)CC1. The average molecular weight is 447 g/mol. The number of hydrogen-bond donors (Lipinski definition) is 0. The molecule has 2 aromatic carbocycles. The predicted octanol–water partition coefficient (Wildman–Crippen LogP) is 3.06. The second kappa shape index (κ2) is 11.2. The van der Waals surface area contributed by atoms with Crippen LogP contribution in [0.5, 0.6) is 34.5 Å². The van der Waals surface area contributed by atoms with Crippen LogP contribution in [-0.4, -0.2) is 78.6 Å². The zero-order valence-electron chi connectivity index (χ0n) is 19.9. The van der Waals surface area contributed by atoms with Gasteiger partial charge in [-0.15, -0.1) is 0 Å². The molecule has 0 amide bonds. The molecule has 1 aliphatic rings. The van der Waals surface area contributed by atoms with Gasteiger partial charge in [0.15, 0.2) is 23.0 Å². The summed E-state index contributed by atoms with van der Waals surface area (Å²) in [7, 11) is 9.88. The third-order valence-electron chi connectivity index (χ3n) is 5.83. The van der Waals surface area contributed by atoms with Gasteiger partial charge in [0, 0.05) is 56.5 Å². The molecule has 0 N–H and O–H groups in total. The molecule has 32 heavy (non-hydrogen) atoms. The van der Waals surface area contributed by atoms with Gasteiger partial charge in [-0.1, -0.05) is 6.07 Å². The first-order valence-electron chi connectivity index (χ1n) is 10.6. The number of ether oxygens (including phenoxy) is 6. The maximum atomic E-state index is 5.64. The summed E-state index contributed by atoms with van der Waals surface area (Å²) in [5.41, 5.74) is 2.17. The Kier molecular flexibility index (Phi) is 8.30. The summed E-state index contributed by atoms with van der Waals surface area (Å²) in [6, 6.07) is 7.85. The third-order valence-corrected chi connectivity index (χ3v) is 5.83. The van der Waals surface area contributed by atoms with Gasteiger partial charge in [0.1, 0.15) is 5.75 Å². The zero-order valence-corrected chi connectivity index (χ0v) is 19.9. The van der Waals surface area contributed by atoms with Crippen LogP contribution in [0, 0.1) is 0 Å². The molecule has 0 radical (unpaired) electrons. The minimum atomic E-state index is 0.631. The van der Waals surface area contributed by atoms with E-state index in [0.717, 1.165) is 61.9 Å². The van der Waals surface area contributed by atoms with Crippen molar-refractivity contribution in [2.24, 2.45) is 0 Å². The van der Waals surface area contributed by atoms with Crippen molar-refractivity contribution in [3.05, 3.63) is 35.4 Å². The van der Waals surface area contributed by atoms with E-state index in [1.165, 1.54) is 0 Å². The Bertz CT molecular complexity index is 883. The number of methoxy groups -OCH3 is 6. The molecular weight excluding hydrogens is 412 g/mol. The summed E-state index contributed by atoms with van der Waals surface area (Å²) >= 11 is 0. The predicted molar refractivity (Wildman–Crippen MR) is 123 cm³/mol. The highest BCUT2D eigenvalue weighted by atomic mass is 16.5. The van der Waals surface area contributed by atoms with E-state index in [1.807, 2.05) is 24.3 Å². The topological polar surface area (TPSA) is 61.9 Å². The lowest BCUT2D eigenvalue weighted by atomic mass is 10.1. The minimum Gasteiger partial charge on any atom is -0.496 e. The number of benzene rings is 2. The van der Waals surface area contributed by atoms with E-state index in [1.54, 1.807) is 42.7 Å². The number of hydrogen-bond acceptors (Lipinski definition) is 8. The highest BCUT2D eigenvalue weighted by Crippen LogP contribution is 2.40. The molecule has 0 unspecified atom stereocenters. The van der Waals surface area contributed by atoms with Gasteiger partial charge in [-0.05, 0) is 12.1 Å². The first-order valence-corrected chi connectivity index (χ1v) is 10.6. The molecule has 2 aromatic rings. The van der Waals surface area contributed by atoms with Gasteiger partial charge in [-0.3, -0.25) is 9.80 Å². The van der Waals surface area contributed by atoms with Crippen LogP contribution in [0.3, 0.4) is 0 Å². The summed E-state index contributed by atoms with van der Waals surface area (Å²) in [5.74, 6) is 4.21. The second-order valence-corrected chi connectivity index (χ2v) is 7.56.